The molecule has 0 atom stereocenters. The topological polar surface area (TPSA) is 33.0 Å². The van der Waals surface area contributed by atoms with Crippen LogP contribution in [0.3, 0.4) is 0 Å². The number of pyridine rings is 1. The fourth-order valence-corrected chi connectivity index (χ4v) is 2.32. The second-order valence-corrected chi connectivity index (χ2v) is 5.51. The normalized spacial score (nSPS) is 10.4. The van der Waals surface area contributed by atoms with E-state index in [1.54, 1.807) is 18.2 Å². The summed E-state index contributed by atoms with van der Waals surface area (Å²) in [4.78, 5) is 11.9. The molecule has 0 saturated carbocycles. The van der Waals surface area contributed by atoms with Crippen molar-refractivity contribution in [2.24, 2.45) is 0 Å². The van der Waals surface area contributed by atoms with E-state index in [0.29, 0.717) is 22.2 Å². The fourth-order valence-electron chi connectivity index (χ4n) is 1.98. The van der Waals surface area contributed by atoms with Gasteiger partial charge in [0.1, 0.15) is 6.54 Å². The third-order valence-electron chi connectivity index (χ3n) is 3.07. The third kappa shape index (κ3) is 5.03. The van der Waals surface area contributed by atoms with Gasteiger partial charge in [-0.05, 0) is 18.6 Å². The van der Waals surface area contributed by atoms with E-state index in [1.165, 1.54) is 0 Å². The number of carbonyl (C=O) groups is 1. The molecule has 2 rings (SSSR count). The second-order valence-electron chi connectivity index (χ2n) is 4.72. The van der Waals surface area contributed by atoms with E-state index in [2.05, 4.69) is 9.88 Å². The first-order chi connectivity index (χ1) is 10.2. The van der Waals surface area contributed by atoms with Crippen LogP contribution >= 0.6 is 23.2 Å². The van der Waals surface area contributed by atoms with E-state index in [4.69, 9.17) is 23.2 Å². The van der Waals surface area contributed by atoms with Crippen molar-refractivity contribution >= 4 is 34.8 Å². The maximum absolute atomic E-state index is 11.9. The molecule has 0 aliphatic heterocycles. The average Bonchev–Trinajstić information content (AvgIpc) is 2.49. The predicted octanol–water partition coefficient (Wildman–Crippen LogP) is 4.09. The third-order valence-corrected chi connectivity index (χ3v) is 3.89. The molecule has 1 aromatic carbocycles. The molecule has 1 heterocycles. The number of hydrogen-bond acceptors (Lipinski definition) is 1. The zero-order valence-electron chi connectivity index (χ0n) is 11.6. The molecular weight excluding hydrogens is 307 g/mol. The number of aromatic nitrogens is 1. The molecule has 0 unspecified atom stereocenters. The molecule has 0 radical (unpaired) electrons. The van der Waals surface area contributed by atoms with Crippen molar-refractivity contribution in [1.29, 1.82) is 0 Å². The second kappa shape index (κ2) is 8.01. The van der Waals surface area contributed by atoms with E-state index < -0.39 is 0 Å². The Kier molecular flexibility index (Phi) is 6.03. The highest BCUT2D eigenvalue weighted by Crippen LogP contribution is 2.29. The van der Waals surface area contributed by atoms with Gasteiger partial charge in [-0.3, -0.25) is 4.79 Å². The lowest BCUT2D eigenvalue weighted by Crippen LogP contribution is -2.32. The van der Waals surface area contributed by atoms with Crippen LogP contribution in [0.15, 0.2) is 48.8 Å². The number of amides is 1. The summed E-state index contributed by atoms with van der Waals surface area (Å²) in [5.41, 5.74) is 0.562. The summed E-state index contributed by atoms with van der Waals surface area (Å²) in [5.74, 6) is -0.0442. The van der Waals surface area contributed by atoms with Crippen molar-refractivity contribution in [3.8, 4) is 0 Å². The Labute approximate surface area is 134 Å². The zero-order valence-corrected chi connectivity index (χ0v) is 13.1. The summed E-state index contributed by atoms with van der Waals surface area (Å²) in [6.07, 6.45) is 6.28. The molecule has 2 aromatic rings. The quantitative estimate of drug-likeness (QED) is 0.630. The van der Waals surface area contributed by atoms with Crippen molar-refractivity contribution in [3.63, 3.8) is 0 Å². The standard InChI is InChI=1S/C16H16Cl2N2O/c17-13-7-6-8-14(16(13)18)19-15(21)9-2-5-12-20-10-3-1-4-11-20/h1,3-4,6-8,10-11H,2,5,9,12H2/p+1. The molecule has 21 heavy (non-hydrogen) atoms. The lowest BCUT2D eigenvalue weighted by Gasteiger charge is -2.07. The molecule has 1 N–H and O–H groups in total. The minimum absolute atomic E-state index is 0.0442. The monoisotopic (exact) mass is 323 g/mol. The van der Waals surface area contributed by atoms with Gasteiger partial charge in [-0.2, -0.15) is 0 Å². The van der Waals surface area contributed by atoms with E-state index in [-0.39, 0.29) is 5.91 Å². The number of aryl methyl sites for hydroxylation is 1. The summed E-state index contributed by atoms with van der Waals surface area (Å²) in [6.45, 7) is 0.909. The fraction of sp³-hybridized carbons (Fsp3) is 0.250. The predicted molar refractivity (Wildman–Crippen MR) is 85.6 cm³/mol. The molecule has 1 amide bonds. The molecule has 0 aliphatic rings. The van der Waals surface area contributed by atoms with Crippen LogP contribution in [0, 0.1) is 0 Å². The Bertz CT molecular complexity index is 602. The number of nitrogens with one attached hydrogen (secondary N) is 1. The lowest BCUT2D eigenvalue weighted by molar-refractivity contribution is -0.697. The van der Waals surface area contributed by atoms with Crippen LogP contribution in [0.5, 0.6) is 0 Å². The summed E-state index contributed by atoms with van der Waals surface area (Å²) in [5, 5.41) is 3.61. The Morgan fingerprint density at radius 2 is 1.81 bits per heavy atom. The van der Waals surface area contributed by atoms with Crippen LogP contribution in [0.25, 0.3) is 0 Å². The Balaban J connectivity index is 1.74. The number of benzene rings is 1. The highest BCUT2D eigenvalue weighted by atomic mass is 35.5. The van der Waals surface area contributed by atoms with E-state index >= 15 is 0 Å². The number of anilines is 1. The molecule has 5 heteroatoms. The van der Waals surface area contributed by atoms with E-state index in [0.717, 1.165) is 19.4 Å². The maximum atomic E-state index is 11.9. The first kappa shape index (κ1) is 15.8. The van der Waals surface area contributed by atoms with Gasteiger partial charge < -0.3 is 5.32 Å². The van der Waals surface area contributed by atoms with Gasteiger partial charge in [-0.1, -0.05) is 35.3 Å². The highest BCUT2D eigenvalue weighted by molar-refractivity contribution is 6.43. The Hall–Kier alpha value is -1.58. The van der Waals surface area contributed by atoms with Gasteiger partial charge in [0.15, 0.2) is 12.4 Å². The van der Waals surface area contributed by atoms with Crippen molar-refractivity contribution in [2.45, 2.75) is 25.8 Å². The Morgan fingerprint density at radius 1 is 1.05 bits per heavy atom. The molecular formula is C16H17Cl2N2O+. The number of halogens is 2. The molecule has 0 spiro atoms. The van der Waals surface area contributed by atoms with Crippen molar-refractivity contribution in [3.05, 3.63) is 58.8 Å². The number of rotatable bonds is 6. The van der Waals surface area contributed by atoms with Crippen LogP contribution in [0.1, 0.15) is 19.3 Å². The van der Waals surface area contributed by atoms with Crippen LogP contribution < -0.4 is 9.88 Å². The van der Waals surface area contributed by atoms with Gasteiger partial charge in [-0.15, -0.1) is 0 Å². The summed E-state index contributed by atoms with van der Waals surface area (Å²) in [6, 6.07) is 11.2. The average molecular weight is 324 g/mol. The number of hydrogen-bond donors (Lipinski definition) is 1. The lowest BCUT2D eigenvalue weighted by atomic mass is 10.2. The van der Waals surface area contributed by atoms with Crippen LogP contribution in [0.4, 0.5) is 5.69 Å². The van der Waals surface area contributed by atoms with Crippen LogP contribution in [0.2, 0.25) is 10.0 Å². The first-order valence-electron chi connectivity index (χ1n) is 6.85. The molecule has 1 aromatic heterocycles. The SMILES string of the molecule is O=C(CCCC[n+]1ccccc1)Nc1cccc(Cl)c1Cl. The van der Waals surface area contributed by atoms with Crippen molar-refractivity contribution < 1.29 is 9.36 Å². The molecule has 3 nitrogen and oxygen atoms in total. The van der Waals surface area contributed by atoms with Crippen LogP contribution in [-0.2, 0) is 11.3 Å². The van der Waals surface area contributed by atoms with Gasteiger partial charge in [0.05, 0.1) is 15.7 Å². The van der Waals surface area contributed by atoms with E-state index in [9.17, 15) is 4.79 Å². The summed E-state index contributed by atoms with van der Waals surface area (Å²) in [7, 11) is 0. The maximum Gasteiger partial charge on any atom is 0.224 e. The van der Waals surface area contributed by atoms with Gasteiger partial charge >= 0.3 is 0 Å². The largest absolute Gasteiger partial charge is 0.325 e. The molecule has 110 valence electrons. The summed E-state index contributed by atoms with van der Waals surface area (Å²) >= 11 is 11.9. The minimum Gasteiger partial charge on any atom is -0.325 e. The molecule has 0 saturated heterocycles. The number of carbonyl (C=O) groups excluding carboxylic acids is 1. The number of unbranched alkanes of at least 4 members (excludes halogenated alkanes) is 1. The van der Waals surface area contributed by atoms with Crippen LogP contribution in [-0.4, -0.2) is 5.91 Å². The molecule has 0 fully saturated rings. The van der Waals surface area contributed by atoms with Gasteiger partial charge in [-0.25, -0.2) is 4.57 Å². The van der Waals surface area contributed by atoms with Gasteiger partial charge in [0.2, 0.25) is 5.91 Å². The smallest absolute Gasteiger partial charge is 0.224 e. The number of nitrogens with zero attached hydrogens (tertiary/aromatic N) is 1. The summed E-state index contributed by atoms with van der Waals surface area (Å²) < 4.78 is 2.10. The minimum atomic E-state index is -0.0442. The molecule has 0 aliphatic carbocycles. The molecule has 0 bridgehead atoms. The Morgan fingerprint density at radius 3 is 2.57 bits per heavy atom. The van der Waals surface area contributed by atoms with Crippen molar-refractivity contribution in [2.75, 3.05) is 5.32 Å². The highest BCUT2D eigenvalue weighted by Gasteiger charge is 2.08. The zero-order chi connectivity index (χ0) is 15.1. The van der Waals surface area contributed by atoms with Gasteiger partial charge in [0, 0.05) is 25.0 Å². The van der Waals surface area contributed by atoms with Gasteiger partial charge in [0.25, 0.3) is 0 Å². The van der Waals surface area contributed by atoms with Crippen molar-refractivity contribution in [1.82, 2.24) is 0 Å². The first-order valence-corrected chi connectivity index (χ1v) is 7.60. The van der Waals surface area contributed by atoms with E-state index in [1.807, 2.05) is 30.6 Å².